The molecule has 0 unspecified atom stereocenters. The highest BCUT2D eigenvalue weighted by atomic mass is 32.2. The number of hydrogen-bond acceptors (Lipinski definition) is 6. The molecule has 27 heavy (non-hydrogen) atoms. The molecular formula is C17H21N5O4S. The maximum absolute atomic E-state index is 12.8. The molecule has 1 aliphatic heterocycles. The third-order valence-corrected chi connectivity index (χ3v) is 6.68. The fourth-order valence-corrected chi connectivity index (χ4v) is 4.79. The first-order chi connectivity index (χ1) is 12.7. The summed E-state index contributed by atoms with van der Waals surface area (Å²) < 4.78 is 32.0. The van der Waals surface area contributed by atoms with Gasteiger partial charge in [0.05, 0.1) is 0 Å². The first-order valence-electron chi connectivity index (χ1n) is 8.38. The molecule has 1 amide bonds. The maximum Gasteiger partial charge on any atom is 0.253 e. The van der Waals surface area contributed by atoms with Crippen molar-refractivity contribution in [1.82, 2.24) is 14.4 Å². The van der Waals surface area contributed by atoms with Crippen LogP contribution in [-0.2, 0) is 10.0 Å². The molecule has 10 heteroatoms. The van der Waals surface area contributed by atoms with Crippen LogP contribution in [-0.4, -0.2) is 60.7 Å². The van der Waals surface area contributed by atoms with E-state index in [1.807, 2.05) is 0 Å². The molecule has 0 atom stereocenters. The van der Waals surface area contributed by atoms with Crippen LogP contribution in [0.1, 0.15) is 27.4 Å². The van der Waals surface area contributed by atoms with Crippen LogP contribution in [0, 0.1) is 19.3 Å². The van der Waals surface area contributed by atoms with E-state index in [1.54, 1.807) is 43.0 Å². The Labute approximate surface area is 157 Å². The third kappa shape index (κ3) is 3.58. The van der Waals surface area contributed by atoms with Crippen molar-refractivity contribution in [2.24, 2.45) is 5.73 Å². The van der Waals surface area contributed by atoms with Crippen molar-refractivity contribution in [1.29, 1.82) is 5.41 Å². The summed E-state index contributed by atoms with van der Waals surface area (Å²) in [5.41, 5.74) is 6.76. The fraction of sp³-hybridized carbons (Fsp3) is 0.353. The van der Waals surface area contributed by atoms with Gasteiger partial charge in [0.1, 0.15) is 16.4 Å². The first-order valence-corrected chi connectivity index (χ1v) is 9.82. The lowest BCUT2D eigenvalue weighted by Crippen LogP contribution is -2.50. The van der Waals surface area contributed by atoms with Gasteiger partial charge < -0.3 is 15.2 Å². The third-order valence-electron chi connectivity index (χ3n) is 4.53. The van der Waals surface area contributed by atoms with Gasteiger partial charge >= 0.3 is 0 Å². The molecule has 0 aliphatic carbocycles. The molecule has 9 nitrogen and oxygen atoms in total. The number of piperazine rings is 1. The van der Waals surface area contributed by atoms with Gasteiger partial charge in [-0.05, 0) is 26.0 Å². The van der Waals surface area contributed by atoms with Crippen molar-refractivity contribution in [2.45, 2.75) is 18.7 Å². The molecule has 1 aliphatic rings. The zero-order valence-electron chi connectivity index (χ0n) is 15.1. The number of nitrogen functional groups attached to an aromatic ring is 1. The van der Waals surface area contributed by atoms with E-state index >= 15 is 0 Å². The minimum absolute atomic E-state index is 0.0628. The van der Waals surface area contributed by atoms with Crippen molar-refractivity contribution >= 4 is 21.8 Å². The lowest BCUT2D eigenvalue weighted by molar-refractivity contribution is 0.0698. The first kappa shape index (κ1) is 19.1. The van der Waals surface area contributed by atoms with Crippen LogP contribution in [0.15, 0.2) is 33.7 Å². The molecule has 0 saturated carbocycles. The van der Waals surface area contributed by atoms with Crippen LogP contribution in [0.4, 0.5) is 0 Å². The van der Waals surface area contributed by atoms with E-state index in [9.17, 15) is 13.2 Å². The van der Waals surface area contributed by atoms with Gasteiger partial charge in [0, 0.05) is 37.3 Å². The second-order valence-corrected chi connectivity index (χ2v) is 8.22. The van der Waals surface area contributed by atoms with Crippen molar-refractivity contribution in [2.75, 3.05) is 26.2 Å². The summed E-state index contributed by atoms with van der Waals surface area (Å²) in [5, 5.41) is 11.1. The molecule has 2 heterocycles. The van der Waals surface area contributed by atoms with Crippen LogP contribution in [0.25, 0.3) is 0 Å². The molecule has 2 aromatic rings. The number of carbonyl (C=O) groups excluding carboxylic acids is 1. The number of hydrogen-bond donors (Lipinski definition) is 2. The molecule has 1 fully saturated rings. The number of amides is 1. The SMILES string of the molecule is Cc1noc(C)c1S(=O)(=O)N1CCN(C(=O)c2ccc(C(=N)N)cc2)CC1. The van der Waals surface area contributed by atoms with Crippen molar-refractivity contribution in [3.8, 4) is 0 Å². The van der Waals surface area contributed by atoms with Gasteiger partial charge in [-0.15, -0.1) is 0 Å². The molecule has 1 aromatic heterocycles. The molecule has 1 saturated heterocycles. The van der Waals surface area contributed by atoms with E-state index < -0.39 is 10.0 Å². The molecule has 3 N–H and O–H groups in total. The number of rotatable bonds is 4. The van der Waals surface area contributed by atoms with Crippen LogP contribution < -0.4 is 5.73 Å². The summed E-state index contributed by atoms with van der Waals surface area (Å²) in [6.45, 7) is 4.13. The maximum atomic E-state index is 12.8. The van der Waals surface area contributed by atoms with Crippen molar-refractivity contribution in [3.63, 3.8) is 0 Å². The zero-order chi connectivity index (χ0) is 19.8. The highest BCUT2D eigenvalue weighted by molar-refractivity contribution is 7.89. The average molecular weight is 391 g/mol. The lowest BCUT2D eigenvalue weighted by Gasteiger charge is -2.34. The molecule has 0 radical (unpaired) electrons. The van der Waals surface area contributed by atoms with Crippen LogP contribution in [0.3, 0.4) is 0 Å². The quantitative estimate of drug-likeness (QED) is 0.583. The monoisotopic (exact) mass is 391 g/mol. The summed E-state index contributed by atoms with van der Waals surface area (Å²) in [6.07, 6.45) is 0. The average Bonchev–Trinajstić information content (AvgIpc) is 3.00. The van der Waals surface area contributed by atoms with E-state index in [1.165, 1.54) is 4.31 Å². The number of sulfonamides is 1. The fourth-order valence-electron chi connectivity index (χ4n) is 3.08. The lowest BCUT2D eigenvalue weighted by atomic mass is 10.1. The molecule has 1 aromatic carbocycles. The van der Waals surface area contributed by atoms with Crippen LogP contribution in [0.5, 0.6) is 0 Å². The molecule has 144 valence electrons. The largest absolute Gasteiger partial charge is 0.384 e. The topological polar surface area (TPSA) is 134 Å². The number of nitrogens with zero attached hydrogens (tertiary/aromatic N) is 3. The number of amidine groups is 1. The molecule has 0 spiro atoms. The van der Waals surface area contributed by atoms with Gasteiger partial charge in [-0.25, -0.2) is 8.42 Å². The second-order valence-electron chi connectivity index (χ2n) is 6.34. The Morgan fingerprint density at radius 1 is 1.11 bits per heavy atom. The van der Waals surface area contributed by atoms with Gasteiger partial charge in [-0.3, -0.25) is 10.2 Å². The van der Waals surface area contributed by atoms with Crippen LogP contribution in [0.2, 0.25) is 0 Å². The van der Waals surface area contributed by atoms with Crippen molar-refractivity contribution in [3.05, 3.63) is 46.8 Å². The number of carbonyl (C=O) groups is 1. The Hall–Kier alpha value is -2.72. The summed E-state index contributed by atoms with van der Waals surface area (Å²) >= 11 is 0. The molecular weight excluding hydrogens is 370 g/mol. The van der Waals surface area contributed by atoms with Gasteiger partial charge in [0.2, 0.25) is 10.0 Å². The Balaban J connectivity index is 1.70. The Kier molecular flexibility index (Phi) is 5.03. The minimum atomic E-state index is -3.71. The predicted octanol–water partition coefficient (Wildman–Crippen LogP) is 0.722. The number of aromatic nitrogens is 1. The smallest absolute Gasteiger partial charge is 0.253 e. The number of nitrogens with two attached hydrogens (primary N) is 1. The predicted molar refractivity (Wildman–Crippen MR) is 98.1 cm³/mol. The van der Waals surface area contributed by atoms with Gasteiger partial charge in [-0.2, -0.15) is 4.31 Å². The van der Waals surface area contributed by atoms with E-state index in [0.29, 0.717) is 16.8 Å². The highest BCUT2D eigenvalue weighted by Crippen LogP contribution is 2.24. The van der Waals surface area contributed by atoms with E-state index in [2.05, 4.69) is 5.16 Å². The Bertz CT molecular complexity index is 954. The van der Waals surface area contributed by atoms with Gasteiger partial charge in [0.15, 0.2) is 5.76 Å². The van der Waals surface area contributed by atoms with Crippen LogP contribution >= 0.6 is 0 Å². The van der Waals surface area contributed by atoms with E-state index in [4.69, 9.17) is 15.7 Å². The zero-order valence-corrected chi connectivity index (χ0v) is 15.9. The van der Waals surface area contributed by atoms with Crippen molar-refractivity contribution < 1.29 is 17.7 Å². The highest BCUT2D eigenvalue weighted by Gasteiger charge is 2.34. The summed E-state index contributed by atoms with van der Waals surface area (Å²) in [4.78, 5) is 14.3. The minimum Gasteiger partial charge on any atom is -0.384 e. The second kappa shape index (κ2) is 7.12. The number of benzene rings is 1. The molecule has 0 bridgehead atoms. The molecule has 3 rings (SSSR count). The standard InChI is InChI=1S/C17H21N5O4S/c1-11-15(12(2)26-20-11)27(24,25)22-9-7-21(8-10-22)17(23)14-5-3-13(4-6-14)16(18)19/h3-6H,7-10H2,1-2H3,(H3,18,19). The van der Waals surface area contributed by atoms with E-state index in [-0.39, 0.29) is 48.6 Å². The van der Waals surface area contributed by atoms with Gasteiger partial charge in [-0.1, -0.05) is 17.3 Å². The number of aryl methyl sites for hydroxylation is 2. The van der Waals surface area contributed by atoms with E-state index in [0.717, 1.165) is 0 Å². The Morgan fingerprint density at radius 2 is 1.67 bits per heavy atom. The summed E-state index contributed by atoms with van der Waals surface area (Å²) in [5.74, 6) is 0.0169. The summed E-state index contributed by atoms with van der Waals surface area (Å²) in [6, 6.07) is 6.47. The number of nitrogens with one attached hydrogen (secondary N) is 1. The summed E-state index contributed by atoms with van der Waals surface area (Å²) in [7, 11) is -3.71. The van der Waals surface area contributed by atoms with Gasteiger partial charge in [0.25, 0.3) is 5.91 Å². The normalized spacial score (nSPS) is 15.7. The Morgan fingerprint density at radius 3 is 2.15 bits per heavy atom.